The molecule has 1 fully saturated rings. The first kappa shape index (κ1) is 18.1. The van der Waals surface area contributed by atoms with Gasteiger partial charge in [-0.25, -0.2) is 18.4 Å². The van der Waals surface area contributed by atoms with Gasteiger partial charge >= 0.3 is 0 Å². The standard InChI is InChI=1S/C17H20N4O4S/c1-25-14-4-2-12(3-5-14)8-20-17(22)15-9-19-16(10-18-15)21-13-6-7-26(23,24)11-13/h2-5,9-10,13H,6-8,11H2,1H3,(H,19,21)(H,20,22). The molecule has 0 aliphatic carbocycles. The minimum absolute atomic E-state index is 0.0960. The van der Waals surface area contributed by atoms with Crippen molar-refractivity contribution >= 4 is 21.6 Å². The number of carbonyl (C=O) groups excluding carboxylic acids is 1. The normalized spacial score (nSPS) is 18.3. The maximum Gasteiger partial charge on any atom is 0.271 e. The number of methoxy groups -OCH3 is 1. The number of hydrogen-bond acceptors (Lipinski definition) is 7. The number of carbonyl (C=O) groups is 1. The van der Waals surface area contributed by atoms with Crippen molar-refractivity contribution in [1.82, 2.24) is 15.3 Å². The Bertz CT molecular complexity index is 867. The Labute approximate surface area is 151 Å². The van der Waals surface area contributed by atoms with Crippen LogP contribution in [0.4, 0.5) is 5.82 Å². The second-order valence-corrected chi connectivity index (χ2v) is 8.29. The Hall–Kier alpha value is -2.68. The van der Waals surface area contributed by atoms with Crippen molar-refractivity contribution in [2.75, 3.05) is 23.9 Å². The van der Waals surface area contributed by atoms with Crippen LogP contribution >= 0.6 is 0 Å². The lowest BCUT2D eigenvalue weighted by atomic mass is 10.2. The highest BCUT2D eigenvalue weighted by Gasteiger charge is 2.27. The summed E-state index contributed by atoms with van der Waals surface area (Å²) in [6.45, 7) is 0.366. The summed E-state index contributed by atoms with van der Waals surface area (Å²) in [7, 11) is -1.36. The highest BCUT2D eigenvalue weighted by Crippen LogP contribution is 2.15. The average Bonchev–Trinajstić information content (AvgIpc) is 2.99. The minimum atomic E-state index is -2.96. The first-order valence-electron chi connectivity index (χ1n) is 8.15. The number of nitrogens with zero attached hydrogens (tertiary/aromatic N) is 2. The zero-order valence-electron chi connectivity index (χ0n) is 14.3. The van der Waals surface area contributed by atoms with E-state index in [1.165, 1.54) is 12.4 Å². The summed E-state index contributed by atoms with van der Waals surface area (Å²) in [5, 5.41) is 5.81. The van der Waals surface area contributed by atoms with Crippen molar-refractivity contribution in [2.45, 2.75) is 19.0 Å². The SMILES string of the molecule is COc1ccc(CNC(=O)c2cnc(NC3CCS(=O)(=O)C3)cn2)cc1. The number of benzene rings is 1. The van der Waals surface area contributed by atoms with Gasteiger partial charge in [0.2, 0.25) is 0 Å². The third kappa shape index (κ3) is 4.69. The fourth-order valence-corrected chi connectivity index (χ4v) is 4.33. The summed E-state index contributed by atoms with van der Waals surface area (Å²) in [5.74, 6) is 1.16. The fourth-order valence-electron chi connectivity index (χ4n) is 2.65. The maximum atomic E-state index is 12.1. The number of amides is 1. The van der Waals surface area contributed by atoms with Crippen LogP contribution in [0.25, 0.3) is 0 Å². The molecule has 0 bridgehead atoms. The van der Waals surface area contributed by atoms with Crippen LogP contribution in [0, 0.1) is 0 Å². The zero-order chi connectivity index (χ0) is 18.6. The molecule has 3 rings (SSSR count). The molecule has 0 radical (unpaired) electrons. The van der Waals surface area contributed by atoms with Crippen molar-refractivity contribution in [3.05, 3.63) is 47.9 Å². The van der Waals surface area contributed by atoms with Gasteiger partial charge in [-0.15, -0.1) is 0 Å². The van der Waals surface area contributed by atoms with Gasteiger partial charge in [-0.3, -0.25) is 4.79 Å². The van der Waals surface area contributed by atoms with E-state index in [9.17, 15) is 13.2 Å². The third-order valence-corrected chi connectivity index (χ3v) is 5.85. The molecule has 9 heteroatoms. The monoisotopic (exact) mass is 376 g/mol. The Kier molecular flexibility index (Phi) is 5.36. The van der Waals surface area contributed by atoms with E-state index in [2.05, 4.69) is 20.6 Å². The minimum Gasteiger partial charge on any atom is -0.497 e. The van der Waals surface area contributed by atoms with Gasteiger partial charge in [-0.2, -0.15) is 0 Å². The molecule has 1 saturated heterocycles. The number of rotatable bonds is 6. The van der Waals surface area contributed by atoms with Gasteiger partial charge in [-0.1, -0.05) is 12.1 Å². The summed E-state index contributed by atoms with van der Waals surface area (Å²) in [6, 6.07) is 7.22. The van der Waals surface area contributed by atoms with E-state index in [0.29, 0.717) is 18.8 Å². The van der Waals surface area contributed by atoms with Gasteiger partial charge in [0.05, 0.1) is 31.0 Å². The molecule has 2 N–H and O–H groups in total. The number of nitrogens with one attached hydrogen (secondary N) is 2. The van der Waals surface area contributed by atoms with Crippen LogP contribution in [0.1, 0.15) is 22.5 Å². The molecule has 0 spiro atoms. The maximum absolute atomic E-state index is 12.1. The predicted molar refractivity (Wildman–Crippen MR) is 96.9 cm³/mol. The van der Waals surface area contributed by atoms with E-state index in [1.807, 2.05) is 24.3 Å². The first-order chi connectivity index (χ1) is 12.4. The van der Waals surface area contributed by atoms with Crippen molar-refractivity contribution in [1.29, 1.82) is 0 Å². The summed E-state index contributed by atoms with van der Waals surface area (Å²) < 4.78 is 28.0. The quantitative estimate of drug-likeness (QED) is 0.774. The van der Waals surface area contributed by atoms with E-state index >= 15 is 0 Å². The predicted octanol–water partition coefficient (Wildman–Crippen LogP) is 1.01. The average molecular weight is 376 g/mol. The second-order valence-electron chi connectivity index (χ2n) is 6.06. The van der Waals surface area contributed by atoms with Gasteiger partial charge in [-0.05, 0) is 24.1 Å². The smallest absolute Gasteiger partial charge is 0.271 e. The van der Waals surface area contributed by atoms with Gasteiger partial charge in [0, 0.05) is 12.6 Å². The van der Waals surface area contributed by atoms with Crippen LogP contribution < -0.4 is 15.4 Å². The Morgan fingerprint density at radius 1 is 1.23 bits per heavy atom. The van der Waals surface area contributed by atoms with E-state index in [0.717, 1.165) is 11.3 Å². The Balaban J connectivity index is 1.53. The molecule has 138 valence electrons. The van der Waals surface area contributed by atoms with Crippen LogP contribution in [0.2, 0.25) is 0 Å². The summed E-state index contributed by atoms with van der Waals surface area (Å²) in [6.07, 6.45) is 3.36. The first-order valence-corrected chi connectivity index (χ1v) is 9.97. The molecule has 1 aliphatic rings. The highest BCUT2D eigenvalue weighted by molar-refractivity contribution is 7.91. The van der Waals surface area contributed by atoms with Crippen molar-refractivity contribution in [2.24, 2.45) is 0 Å². The molecular weight excluding hydrogens is 356 g/mol. The lowest BCUT2D eigenvalue weighted by molar-refractivity contribution is 0.0945. The van der Waals surface area contributed by atoms with Crippen molar-refractivity contribution in [3.63, 3.8) is 0 Å². The Morgan fingerprint density at radius 3 is 2.58 bits per heavy atom. The molecular formula is C17H20N4O4S. The molecule has 2 heterocycles. The molecule has 1 amide bonds. The van der Waals surface area contributed by atoms with Gasteiger partial charge in [0.15, 0.2) is 9.84 Å². The third-order valence-electron chi connectivity index (χ3n) is 4.08. The van der Waals surface area contributed by atoms with Gasteiger partial charge in [0.25, 0.3) is 5.91 Å². The van der Waals surface area contributed by atoms with E-state index in [1.54, 1.807) is 7.11 Å². The van der Waals surface area contributed by atoms with E-state index in [-0.39, 0.29) is 29.1 Å². The second kappa shape index (κ2) is 7.69. The van der Waals surface area contributed by atoms with Crippen LogP contribution in [-0.4, -0.2) is 49.0 Å². The van der Waals surface area contributed by atoms with Crippen LogP contribution in [0.3, 0.4) is 0 Å². The van der Waals surface area contributed by atoms with Gasteiger partial charge in [0.1, 0.15) is 17.3 Å². The van der Waals surface area contributed by atoms with Gasteiger partial charge < -0.3 is 15.4 Å². The summed E-state index contributed by atoms with van der Waals surface area (Å²) >= 11 is 0. The molecule has 1 unspecified atom stereocenters. The van der Waals surface area contributed by atoms with E-state index in [4.69, 9.17) is 4.74 Å². The molecule has 2 aromatic rings. The molecule has 1 aromatic carbocycles. The van der Waals surface area contributed by atoms with Crippen LogP contribution in [-0.2, 0) is 16.4 Å². The molecule has 8 nitrogen and oxygen atoms in total. The number of anilines is 1. The van der Waals surface area contributed by atoms with E-state index < -0.39 is 9.84 Å². The molecule has 1 aliphatic heterocycles. The van der Waals surface area contributed by atoms with Crippen LogP contribution in [0.5, 0.6) is 5.75 Å². The topological polar surface area (TPSA) is 110 Å². The fraction of sp³-hybridized carbons (Fsp3) is 0.353. The highest BCUT2D eigenvalue weighted by atomic mass is 32.2. The Morgan fingerprint density at radius 2 is 2.00 bits per heavy atom. The molecule has 26 heavy (non-hydrogen) atoms. The lowest BCUT2D eigenvalue weighted by Crippen LogP contribution is -2.25. The van der Waals surface area contributed by atoms with Crippen molar-refractivity contribution in [3.8, 4) is 5.75 Å². The van der Waals surface area contributed by atoms with Crippen LogP contribution in [0.15, 0.2) is 36.7 Å². The number of hydrogen-bond donors (Lipinski definition) is 2. The molecule has 1 aromatic heterocycles. The largest absolute Gasteiger partial charge is 0.497 e. The van der Waals surface area contributed by atoms with Crippen molar-refractivity contribution < 1.29 is 17.9 Å². The number of ether oxygens (including phenoxy) is 1. The lowest BCUT2D eigenvalue weighted by Gasteiger charge is -2.11. The zero-order valence-corrected chi connectivity index (χ0v) is 15.1. The molecule has 0 saturated carbocycles. The molecule has 1 atom stereocenters. The number of sulfone groups is 1. The summed E-state index contributed by atoms with van der Waals surface area (Å²) in [4.78, 5) is 20.4. The number of aromatic nitrogens is 2. The summed E-state index contributed by atoms with van der Waals surface area (Å²) in [5.41, 5.74) is 1.14.